The highest BCUT2D eigenvalue weighted by atomic mass is 16.5. The largest absolute Gasteiger partial charge is 0.504 e. The summed E-state index contributed by atoms with van der Waals surface area (Å²) < 4.78 is 10.2. The second-order valence-electron chi connectivity index (χ2n) is 3.80. The van der Waals surface area contributed by atoms with Gasteiger partial charge in [0, 0.05) is 5.56 Å². The van der Waals surface area contributed by atoms with E-state index in [2.05, 4.69) is 10.5 Å². The van der Waals surface area contributed by atoms with Crippen LogP contribution in [-0.4, -0.2) is 23.8 Å². The van der Waals surface area contributed by atoms with E-state index in [1.54, 1.807) is 24.3 Å². The molecule has 20 heavy (non-hydrogen) atoms. The Hall–Kier alpha value is -2.76. The van der Waals surface area contributed by atoms with Crippen LogP contribution in [0.3, 0.4) is 0 Å². The van der Waals surface area contributed by atoms with E-state index in [0.717, 1.165) is 0 Å². The monoisotopic (exact) mass is 274 g/mol. The van der Waals surface area contributed by atoms with E-state index in [9.17, 15) is 9.90 Å². The first-order valence-electron chi connectivity index (χ1n) is 6.04. The highest BCUT2D eigenvalue weighted by Gasteiger charge is 2.08. The zero-order valence-corrected chi connectivity index (χ0v) is 10.9. The zero-order chi connectivity index (χ0) is 14.4. The molecule has 6 heteroatoms. The molecule has 0 spiro atoms. The minimum absolute atomic E-state index is 0.0228. The third kappa shape index (κ3) is 3.17. The number of carbonyl (C=O) groups excluding carboxylic acids is 1. The van der Waals surface area contributed by atoms with Crippen molar-refractivity contribution in [2.45, 2.75) is 6.92 Å². The maximum absolute atomic E-state index is 11.5. The van der Waals surface area contributed by atoms with Gasteiger partial charge in [-0.25, -0.2) is 5.43 Å². The van der Waals surface area contributed by atoms with Gasteiger partial charge in [0.05, 0.1) is 19.1 Å². The van der Waals surface area contributed by atoms with Crippen molar-refractivity contribution in [1.82, 2.24) is 5.43 Å². The first-order chi connectivity index (χ1) is 9.72. The van der Waals surface area contributed by atoms with E-state index in [-0.39, 0.29) is 11.5 Å². The quantitative estimate of drug-likeness (QED) is 0.646. The molecule has 0 saturated heterocycles. The smallest absolute Gasteiger partial charge is 0.307 e. The number of hydrogen-bond donors (Lipinski definition) is 2. The Labute approximate surface area is 115 Å². The predicted octanol–water partition coefficient (Wildman–Crippen LogP) is 2.15. The number of rotatable bonds is 5. The van der Waals surface area contributed by atoms with Crippen LogP contribution in [0.2, 0.25) is 0 Å². The van der Waals surface area contributed by atoms with Crippen LogP contribution in [0.5, 0.6) is 11.5 Å². The average molecular weight is 274 g/mol. The van der Waals surface area contributed by atoms with Crippen molar-refractivity contribution in [3.63, 3.8) is 0 Å². The Morgan fingerprint density at radius 3 is 3.00 bits per heavy atom. The second-order valence-corrected chi connectivity index (χ2v) is 3.80. The third-order valence-electron chi connectivity index (χ3n) is 2.44. The molecule has 0 radical (unpaired) electrons. The Kier molecular flexibility index (Phi) is 4.39. The molecule has 2 N–H and O–H groups in total. The van der Waals surface area contributed by atoms with Gasteiger partial charge < -0.3 is 14.3 Å². The Morgan fingerprint density at radius 1 is 1.45 bits per heavy atom. The molecule has 0 aliphatic carbocycles. The minimum atomic E-state index is -0.466. The number of carbonyl (C=O) groups is 1. The van der Waals surface area contributed by atoms with Gasteiger partial charge in [-0.15, -0.1) is 0 Å². The van der Waals surface area contributed by atoms with E-state index in [4.69, 9.17) is 9.15 Å². The van der Waals surface area contributed by atoms with Gasteiger partial charge in [-0.1, -0.05) is 6.07 Å². The Balaban J connectivity index is 2.04. The molecule has 0 fully saturated rings. The first-order valence-corrected chi connectivity index (χ1v) is 6.04. The number of phenols is 1. The summed E-state index contributed by atoms with van der Waals surface area (Å²) >= 11 is 0. The lowest BCUT2D eigenvalue weighted by Gasteiger charge is -2.06. The number of nitrogens with zero attached hydrogens (tertiary/aromatic N) is 1. The molecule has 6 nitrogen and oxygen atoms in total. The van der Waals surface area contributed by atoms with Crippen molar-refractivity contribution in [2.75, 3.05) is 6.61 Å². The third-order valence-corrected chi connectivity index (χ3v) is 2.44. The number of nitrogens with one attached hydrogen (secondary N) is 1. The fourth-order valence-electron chi connectivity index (χ4n) is 1.54. The molecule has 2 aromatic rings. The van der Waals surface area contributed by atoms with Gasteiger partial charge in [0.1, 0.15) is 0 Å². The highest BCUT2D eigenvalue weighted by molar-refractivity contribution is 5.92. The highest BCUT2D eigenvalue weighted by Crippen LogP contribution is 2.28. The van der Waals surface area contributed by atoms with Crippen molar-refractivity contribution >= 4 is 12.1 Å². The van der Waals surface area contributed by atoms with Gasteiger partial charge >= 0.3 is 5.91 Å². The van der Waals surface area contributed by atoms with Crippen LogP contribution in [0.4, 0.5) is 0 Å². The number of aromatic hydroxyl groups is 1. The van der Waals surface area contributed by atoms with E-state index < -0.39 is 5.91 Å². The number of para-hydroxylation sites is 1. The maximum Gasteiger partial charge on any atom is 0.307 e. The van der Waals surface area contributed by atoms with Crippen LogP contribution in [0.25, 0.3) is 0 Å². The molecule has 0 atom stereocenters. The number of hydrogen-bond acceptors (Lipinski definition) is 5. The maximum atomic E-state index is 11.5. The summed E-state index contributed by atoms with van der Waals surface area (Å²) in [5.41, 5.74) is 2.74. The summed E-state index contributed by atoms with van der Waals surface area (Å²) in [6, 6.07) is 8.16. The van der Waals surface area contributed by atoms with Crippen LogP contribution in [0.1, 0.15) is 23.0 Å². The molecule has 2 rings (SSSR count). The molecule has 1 amide bonds. The summed E-state index contributed by atoms with van der Waals surface area (Å²) in [5.74, 6) is 0.0419. The molecule has 0 unspecified atom stereocenters. The van der Waals surface area contributed by atoms with E-state index >= 15 is 0 Å². The van der Waals surface area contributed by atoms with Gasteiger partial charge in [0.25, 0.3) is 0 Å². The topological polar surface area (TPSA) is 84.1 Å². The molecule has 0 aliphatic rings. The van der Waals surface area contributed by atoms with Crippen LogP contribution < -0.4 is 10.2 Å². The number of furan rings is 1. The number of ether oxygens (including phenoxy) is 1. The van der Waals surface area contributed by atoms with E-state index in [0.29, 0.717) is 17.9 Å². The number of benzene rings is 1. The van der Waals surface area contributed by atoms with Crippen molar-refractivity contribution < 1.29 is 19.1 Å². The Morgan fingerprint density at radius 2 is 2.30 bits per heavy atom. The number of phenolic OH excluding ortho intramolecular Hbond substituents is 1. The van der Waals surface area contributed by atoms with Crippen molar-refractivity contribution in [1.29, 1.82) is 0 Å². The first kappa shape index (κ1) is 13.7. The number of amides is 1. The summed E-state index contributed by atoms with van der Waals surface area (Å²) in [6.07, 6.45) is 2.73. The Bertz CT molecular complexity index is 606. The molecule has 0 saturated carbocycles. The van der Waals surface area contributed by atoms with Crippen LogP contribution in [0, 0.1) is 0 Å². The molecule has 0 aliphatic heterocycles. The molecule has 1 heterocycles. The zero-order valence-electron chi connectivity index (χ0n) is 10.9. The van der Waals surface area contributed by atoms with Crippen molar-refractivity contribution in [3.8, 4) is 11.5 Å². The number of hydrazone groups is 1. The van der Waals surface area contributed by atoms with Gasteiger partial charge in [-0.2, -0.15) is 5.10 Å². The van der Waals surface area contributed by atoms with E-state index in [1.807, 2.05) is 6.92 Å². The lowest BCUT2D eigenvalue weighted by Crippen LogP contribution is -2.16. The fraction of sp³-hybridized carbons (Fsp3) is 0.143. The van der Waals surface area contributed by atoms with Crippen molar-refractivity contribution in [3.05, 3.63) is 47.9 Å². The van der Waals surface area contributed by atoms with Crippen LogP contribution >= 0.6 is 0 Å². The molecule has 0 bridgehead atoms. The molecule has 104 valence electrons. The van der Waals surface area contributed by atoms with Crippen molar-refractivity contribution in [2.24, 2.45) is 5.10 Å². The van der Waals surface area contributed by atoms with E-state index in [1.165, 1.54) is 18.5 Å². The standard InChI is InChI=1S/C14H14N2O4/c1-2-19-11-6-3-5-10(13(11)17)9-15-16-14(18)12-7-4-8-20-12/h3-9,17H,2H2,1H3,(H,16,18)/b15-9+. The predicted molar refractivity (Wildman–Crippen MR) is 73.0 cm³/mol. The van der Waals surface area contributed by atoms with Crippen LogP contribution in [-0.2, 0) is 0 Å². The molecule has 1 aromatic carbocycles. The SMILES string of the molecule is CCOc1cccc(/C=N/NC(=O)c2ccco2)c1O. The minimum Gasteiger partial charge on any atom is -0.504 e. The second kappa shape index (κ2) is 6.42. The molecular formula is C14H14N2O4. The lowest BCUT2D eigenvalue weighted by atomic mass is 10.2. The lowest BCUT2D eigenvalue weighted by molar-refractivity contribution is 0.0927. The van der Waals surface area contributed by atoms with Gasteiger partial charge in [-0.05, 0) is 31.2 Å². The van der Waals surface area contributed by atoms with Gasteiger partial charge in [0.2, 0.25) is 0 Å². The average Bonchev–Trinajstić information content (AvgIpc) is 2.97. The summed E-state index contributed by atoms with van der Waals surface area (Å²) in [6.45, 7) is 2.27. The van der Waals surface area contributed by atoms with Crippen LogP contribution in [0.15, 0.2) is 46.1 Å². The fourth-order valence-corrected chi connectivity index (χ4v) is 1.54. The summed E-state index contributed by atoms with van der Waals surface area (Å²) in [7, 11) is 0. The summed E-state index contributed by atoms with van der Waals surface area (Å²) in [4.78, 5) is 11.5. The normalized spacial score (nSPS) is 10.7. The molecular weight excluding hydrogens is 260 g/mol. The molecule has 1 aromatic heterocycles. The van der Waals surface area contributed by atoms with Gasteiger partial charge in [0.15, 0.2) is 17.3 Å². The summed E-state index contributed by atoms with van der Waals surface area (Å²) in [5, 5.41) is 13.7. The van der Waals surface area contributed by atoms with Gasteiger partial charge in [-0.3, -0.25) is 4.79 Å².